The van der Waals surface area contributed by atoms with Gasteiger partial charge in [0.05, 0.1) is 11.4 Å². The van der Waals surface area contributed by atoms with E-state index < -0.39 is 40.0 Å². The molecule has 2 aliphatic rings. The first-order valence-electron chi connectivity index (χ1n) is 9.96. The molecule has 0 radical (unpaired) electrons. The van der Waals surface area contributed by atoms with Crippen molar-refractivity contribution in [2.75, 3.05) is 13.6 Å². The third-order valence-electron chi connectivity index (χ3n) is 6.08. The van der Waals surface area contributed by atoms with Crippen molar-refractivity contribution in [1.29, 1.82) is 0 Å². The molecule has 1 aromatic carbocycles. The molecule has 1 spiro atoms. The Labute approximate surface area is 176 Å². The first-order chi connectivity index (χ1) is 14.0. The zero-order valence-electron chi connectivity index (χ0n) is 17.7. The third kappa shape index (κ3) is 4.06. The van der Waals surface area contributed by atoms with Crippen LogP contribution in [0, 0.1) is 19.8 Å². The van der Waals surface area contributed by atoms with Gasteiger partial charge in [-0.25, -0.2) is 13.2 Å². The van der Waals surface area contributed by atoms with Gasteiger partial charge in [-0.15, -0.1) is 0 Å². The highest BCUT2D eigenvalue weighted by Crippen LogP contribution is 2.35. The lowest BCUT2D eigenvalue weighted by Crippen LogP contribution is -2.53. The number of benzene rings is 1. The van der Waals surface area contributed by atoms with Crippen LogP contribution in [0.4, 0.5) is 4.79 Å². The van der Waals surface area contributed by atoms with Gasteiger partial charge in [0.2, 0.25) is 10.0 Å². The molecule has 1 saturated heterocycles. The van der Waals surface area contributed by atoms with Gasteiger partial charge in [0.25, 0.3) is 11.8 Å². The van der Waals surface area contributed by atoms with Gasteiger partial charge in [0, 0.05) is 7.05 Å². The summed E-state index contributed by atoms with van der Waals surface area (Å²) in [5.41, 5.74) is 3.06. The van der Waals surface area contributed by atoms with Crippen molar-refractivity contribution in [1.82, 2.24) is 20.1 Å². The van der Waals surface area contributed by atoms with Crippen molar-refractivity contribution in [3.8, 4) is 0 Å². The maximum atomic E-state index is 12.8. The second-order valence-electron chi connectivity index (χ2n) is 8.38. The van der Waals surface area contributed by atoms with Crippen LogP contribution in [0.5, 0.6) is 0 Å². The Hall–Kier alpha value is -2.46. The van der Waals surface area contributed by atoms with Gasteiger partial charge < -0.3 is 5.32 Å². The number of amides is 4. The number of likely N-dealkylation sites (N-methyl/N-ethyl adjacent to an activating group) is 1. The van der Waals surface area contributed by atoms with Crippen molar-refractivity contribution in [3.63, 3.8) is 0 Å². The normalized spacial score (nSPS) is 24.4. The number of hydrogen-bond donors (Lipinski definition) is 2. The van der Waals surface area contributed by atoms with E-state index in [1.54, 1.807) is 19.1 Å². The van der Waals surface area contributed by atoms with E-state index >= 15 is 0 Å². The summed E-state index contributed by atoms with van der Waals surface area (Å²) in [7, 11) is -2.62. The molecule has 0 aromatic heterocycles. The lowest BCUT2D eigenvalue weighted by atomic mass is 9.77. The molecular weight excluding hydrogens is 408 g/mol. The minimum Gasteiger partial charge on any atom is -0.322 e. The van der Waals surface area contributed by atoms with E-state index in [2.05, 4.69) is 17.7 Å². The molecule has 1 saturated carbocycles. The van der Waals surface area contributed by atoms with Crippen LogP contribution in [0.1, 0.15) is 43.7 Å². The molecule has 4 amide bonds. The van der Waals surface area contributed by atoms with Crippen molar-refractivity contribution < 1.29 is 22.8 Å². The van der Waals surface area contributed by atoms with Crippen LogP contribution in [0.15, 0.2) is 23.1 Å². The summed E-state index contributed by atoms with van der Waals surface area (Å²) in [6.45, 7) is 5.25. The van der Waals surface area contributed by atoms with E-state index in [-0.39, 0.29) is 4.90 Å². The molecule has 30 heavy (non-hydrogen) atoms. The van der Waals surface area contributed by atoms with Crippen LogP contribution in [-0.2, 0) is 19.6 Å². The van der Waals surface area contributed by atoms with Crippen molar-refractivity contribution >= 4 is 27.9 Å². The first-order valence-corrected chi connectivity index (χ1v) is 11.4. The largest absolute Gasteiger partial charge is 0.344 e. The average Bonchev–Trinajstić information content (AvgIpc) is 2.90. The number of nitrogens with one attached hydrogen (secondary N) is 2. The quantitative estimate of drug-likeness (QED) is 0.678. The minimum absolute atomic E-state index is 0.0752. The van der Waals surface area contributed by atoms with Crippen molar-refractivity contribution in [3.05, 3.63) is 29.3 Å². The van der Waals surface area contributed by atoms with Crippen LogP contribution in [-0.4, -0.2) is 54.7 Å². The van der Waals surface area contributed by atoms with Gasteiger partial charge in [0.1, 0.15) is 5.54 Å². The van der Waals surface area contributed by atoms with E-state index in [0.29, 0.717) is 23.8 Å². The number of nitrogens with zero attached hydrogens (tertiary/aromatic N) is 2. The summed E-state index contributed by atoms with van der Waals surface area (Å²) >= 11 is 0. The highest BCUT2D eigenvalue weighted by Gasteiger charge is 2.53. The summed E-state index contributed by atoms with van der Waals surface area (Å²) in [6, 6.07) is 4.04. The molecule has 0 bridgehead atoms. The number of carbonyl (C=O) groups excluding carboxylic acids is 3. The molecule has 2 fully saturated rings. The van der Waals surface area contributed by atoms with E-state index in [1.165, 1.54) is 13.1 Å². The predicted molar refractivity (Wildman–Crippen MR) is 110 cm³/mol. The van der Waals surface area contributed by atoms with Gasteiger partial charge in [-0.3, -0.25) is 15.0 Å². The molecule has 164 valence electrons. The van der Waals surface area contributed by atoms with Crippen LogP contribution in [0.2, 0.25) is 0 Å². The molecule has 3 rings (SSSR count). The van der Waals surface area contributed by atoms with Crippen LogP contribution in [0.3, 0.4) is 0 Å². The minimum atomic E-state index is -3.90. The molecule has 2 N–H and O–H groups in total. The van der Waals surface area contributed by atoms with Crippen LogP contribution >= 0.6 is 0 Å². The van der Waals surface area contributed by atoms with Gasteiger partial charge >= 0.3 is 6.03 Å². The number of urea groups is 1. The fourth-order valence-electron chi connectivity index (χ4n) is 3.82. The van der Waals surface area contributed by atoms with Gasteiger partial charge in [-0.05, 0) is 68.7 Å². The maximum absolute atomic E-state index is 12.8. The monoisotopic (exact) mass is 436 g/mol. The summed E-state index contributed by atoms with van der Waals surface area (Å²) in [5.74, 6) is -0.782. The smallest absolute Gasteiger partial charge is 0.322 e. The van der Waals surface area contributed by atoms with Crippen molar-refractivity contribution in [2.24, 2.45) is 5.92 Å². The highest BCUT2D eigenvalue weighted by atomic mass is 32.2. The number of sulfonamides is 1. The van der Waals surface area contributed by atoms with Crippen LogP contribution < -0.4 is 10.7 Å². The Morgan fingerprint density at radius 1 is 1.23 bits per heavy atom. The standard InChI is InChI=1S/C20H28N4O5S/c1-13-7-9-20(10-8-13)18(26)24(19(27)21-20)22-17(25)12-23(4)30(28,29)16-6-5-14(2)15(3)11-16/h5-6,11,13H,7-10,12H2,1-4H3,(H,21,27)(H,22,25). The fraction of sp³-hybridized carbons (Fsp3) is 0.550. The summed E-state index contributed by atoms with van der Waals surface area (Å²) < 4.78 is 26.4. The van der Waals surface area contributed by atoms with E-state index in [4.69, 9.17) is 0 Å². The highest BCUT2D eigenvalue weighted by molar-refractivity contribution is 7.89. The molecule has 10 heteroatoms. The maximum Gasteiger partial charge on any atom is 0.344 e. The number of hydrazine groups is 1. The van der Waals surface area contributed by atoms with Crippen molar-refractivity contribution in [2.45, 2.75) is 56.9 Å². The van der Waals surface area contributed by atoms with E-state index in [1.807, 2.05) is 6.92 Å². The number of imide groups is 1. The molecule has 0 atom stereocenters. The first kappa shape index (κ1) is 22.2. The Kier molecular flexibility index (Phi) is 5.92. The lowest BCUT2D eigenvalue weighted by molar-refractivity contribution is -0.140. The molecule has 1 aliphatic carbocycles. The topological polar surface area (TPSA) is 116 Å². The molecule has 9 nitrogen and oxygen atoms in total. The molecular formula is C20H28N4O5S. The molecule has 1 heterocycles. The van der Waals surface area contributed by atoms with Gasteiger partial charge in [-0.2, -0.15) is 9.31 Å². The summed E-state index contributed by atoms with van der Waals surface area (Å²) in [4.78, 5) is 37.6. The Balaban J connectivity index is 1.67. The number of rotatable bonds is 5. The van der Waals surface area contributed by atoms with Gasteiger partial charge in [-0.1, -0.05) is 13.0 Å². The second kappa shape index (κ2) is 7.99. The Morgan fingerprint density at radius 3 is 2.47 bits per heavy atom. The zero-order chi connectivity index (χ0) is 22.3. The average molecular weight is 437 g/mol. The SMILES string of the molecule is Cc1ccc(S(=O)(=O)N(C)CC(=O)NN2C(=O)NC3(CCC(C)CC3)C2=O)cc1C. The predicted octanol–water partition coefficient (Wildman–Crippen LogP) is 1.46. The second-order valence-corrected chi connectivity index (χ2v) is 10.4. The lowest BCUT2D eigenvalue weighted by Gasteiger charge is -2.33. The number of carbonyl (C=O) groups is 3. The summed E-state index contributed by atoms with van der Waals surface area (Å²) in [6.07, 6.45) is 2.66. The zero-order valence-corrected chi connectivity index (χ0v) is 18.5. The number of hydrogen-bond acceptors (Lipinski definition) is 5. The number of aryl methyl sites for hydroxylation is 2. The molecule has 1 aliphatic heterocycles. The molecule has 1 aromatic rings. The fourth-order valence-corrected chi connectivity index (χ4v) is 5.03. The molecule has 0 unspecified atom stereocenters. The van der Waals surface area contributed by atoms with E-state index in [0.717, 1.165) is 28.3 Å². The summed E-state index contributed by atoms with van der Waals surface area (Å²) in [5, 5.41) is 3.38. The Morgan fingerprint density at radius 2 is 1.87 bits per heavy atom. The van der Waals surface area contributed by atoms with Crippen LogP contribution in [0.25, 0.3) is 0 Å². The Bertz CT molecular complexity index is 983. The van der Waals surface area contributed by atoms with Gasteiger partial charge in [0.15, 0.2) is 0 Å². The van der Waals surface area contributed by atoms with E-state index in [9.17, 15) is 22.8 Å². The third-order valence-corrected chi connectivity index (χ3v) is 7.88.